The lowest BCUT2D eigenvalue weighted by molar-refractivity contribution is 0.273. The lowest BCUT2D eigenvalue weighted by Gasteiger charge is -2.29. The number of aromatic nitrogens is 6. The Morgan fingerprint density at radius 2 is 2.16 bits per heavy atom. The van der Waals surface area contributed by atoms with Gasteiger partial charge in [-0.2, -0.15) is 14.6 Å². The Bertz CT molecular complexity index is 1220. The summed E-state index contributed by atoms with van der Waals surface area (Å²) in [5.41, 5.74) is 2.81. The molecule has 3 aromatic rings. The van der Waals surface area contributed by atoms with E-state index in [0.29, 0.717) is 55.2 Å². The van der Waals surface area contributed by atoms with Gasteiger partial charge >= 0.3 is 0 Å². The normalized spacial score (nSPS) is 19.3. The van der Waals surface area contributed by atoms with Crippen LogP contribution in [-0.4, -0.2) is 74.2 Å². The molecule has 3 aromatic heterocycles. The number of aliphatic imine (C=N–C) groups is 1. The first-order chi connectivity index (χ1) is 15.2. The number of ether oxygens (including phenoxy) is 1. The Hall–Kier alpha value is -2.86. The summed E-state index contributed by atoms with van der Waals surface area (Å²) in [4.78, 5) is 13.7. The fourth-order valence-electron chi connectivity index (χ4n) is 3.55. The van der Waals surface area contributed by atoms with E-state index in [1.165, 1.54) is 10.6 Å². The Morgan fingerprint density at radius 3 is 2.81 bits per heavy atom. The summed E-state index contributed by atoms with van der Waals surface area (Å²) in [6, 6.07) is 0. The van der Waals surface area contributed by atoms with Gasteiger partial charge in [0.25, 0.3) is 5.95 Å². The third-order valence-electron chi connectivity index (χ3n) is 5.41. The molecule has 1 fully saturated rings. The molecule has 0 spiro atoms. The second kappa shape index (κ2) is 8.94. The molecule has 32 heavy (non-hydrogen) atoms. The van der Waals surface area contributed by atoms with Crippen molar-refractivity contribution in [2.75, 3.05) is 26.0 Å². The van der Waals surface area contributed by atoms with E-state index >= 15 is 0 Å². The predicted molar refractivity (Wildman–Crippen MR) is 121 cm³/mol. The van der Waals surface area contributed by atoms with E-state index in [-0.39, 0.29) is 5.92 Å². The number of nitrogens with one attached hydrogen (secondary N) is 1. The highest BCUT2D eigenvalue weighted by Gasteiger charge is 2.28. The summed E-state index contributed by atoms with van der Waals surface area (Å²) in [6.07, 6.45) is 7.72. The molecule has 0 aromatic carbocycles. The molecule has 1 N–H and O–H groups in total. The van der Waals surface area contributed by atoms with E-state index in [0.717, 1.165) is 17.7 Å². The molecule has 0 bridgehead atoms. The molecule has 11 nitrogen and oxygen atoms in total. The Balaban J connectivity index is 1.67. The van der Waals surface area contributed by atoms with Crippen LogP contribution in [0, 0.1) is 11.8 Å². The minimum absolute atomic E-state index is 0.0218. The molecule has 1 atom stereocenters. The molecule has 12 heteroatoms. The minimum atomic E-state index is -3.21. The van der Waals surface area contributed by atoms with Crippen molar-refractivity contribution in [3.8, 4) is 17.1 Å². The topological polar surface area (TPSA) is 131 Å². The Labute approximate surface area is 187 Å². The number of hydrogen-bond acceptors (Lipinski definition) is 8. The first-order valence-corrected chi connectivity index (χ1v) is 12.5. The number of aromatic amines is 1. The van der Waals surface area contributed by atoms with E-state index in [1.54, 1.807) is 23.1 Å². The van der Waals surface area contributed by atoms with Crippen LogP contribution >= 0.6 is 0 Å². The highest BCUT2D eigenvalue weighted by Crippen LogP contribution is 2.29. The van der Waals surface area contributed by atoms with Gasteiger partial charge in [0.2, 0.25) is 15.9 Å². The zero-order chi connectivity index (χ0) is 22.9. The molecule has 1 saturated heterocycles. The molecular weight excluding hydrogens is 432 g/mol. The van der Waals surface area contributed by atoms with Gasteiger partial charge in [0, 0.05) is 42.9 Å². The Kier molecular flexibility index (Phi) is 6.24. The SMILES string of the molecule is CC(C)CCOc1c(-c2cn[nH]c2)ncc2nc(/N=C3\CCN(S(C)(=O)=O)C[C@H]3C)nn12. The van der Waals surface area contributed by atoms with E-state index in [1.807, 2.05) is 6.92 Å². The molecule has 0 amide bonds. The maximum absolute atomic E-state index is 11.8. The first-order valence-electron chi connectivity index (χ1n) is 10.6. The molecule has 1 aliphatic rings. The molecule has 0 saturated carbocycles. The van der Waals surface area contributed by atoms with Gasteiger partial charge in [0.1, 0.15) is 5.69 Å². The van der Waals surface area contributed by atoms with Gasteiger partial charge < -0.3 is 4.74 Å². The molecule has 1 aliphatic heterocycles. The third kappa shape index (κ3) is 4.80. The Morgan fingerprint density at radius 1 is 1.34 bits per heavy atom. The zero-order valence-electron chi connectivity index (χ0n) is 18.7. The highest BCUT2D eigenvalue weighted by molar-refractivity contribution is 7.88. The van der Waals surface area contributed by atoms with Gasteiger partial charge in [-0.1, -0.05) is 20.8 Å². The molecule has 172 valence electrons. The number of sulfonamides is 1. The average Bonchev–Trinajstić information content (AvgIpc) is 3.38. The maximum Gasteiger partial charge on any atom is 0.269 e. The smallest absolute Gasteiger partial charge is 0.269 e. The minimum Gasteiger partial charge on any atom is -0.476 e. The van der Waals surface area contributed by atoms with Crippen LogP contribution in [0.2, 0.25) is 0 Å². The zero-order valence-corrected chi connectivity index (χ0v) is 19.5. The van der Waals surface area contributed by atoms with Crippen molar-refractivity contribution in [3.05, 3.63) is 18.6 Å². The molecular formula is C20H28N8O3S. The third-order valence-corrected chi connectivity index (χ3v) is 6.68. The second-order valence-electron chi connectivity index (χ2n) is 8.49. The van der Waals surface area contributed by atoms with Crippen LogP contribution in [0.5, 0.6) is 5.88 Å². The first kappa shape index (κ1) is 22.3. The molecule has 0 aliphatic carbocycles. The maximum atomic E-state index is 11.8. The largest absolute Gasteiger partial charge is 0.476 e. The van der Waals surface area contributed by atoms with Gasteiger partial charge in [-0.05, 0) is 12.3 Å². The quantitative estimate of drug-likeness (QED) is 0.572. The summed E-state index contributed by atoms with van der Waals surface area (Å²) in [5.74, 6) is 1.27. The van der Waals surface area contributed by atoms with Gasteiger partial charge in [0.15, 0.2) is 5.65 Å². The van der Waals surface area contributed by atoms with Crippen molar-refractivity contribution < 1.29 is 13.2 Å². The molecule has 0 unspecified atom stereocenters. The standard InChI is InChI=1S/C20H28N8O3S/c1-13(2)6-8-31-19-18(15-9-22-23-10-15)21-11-17-25-20(26-28(17)19)24-16-5-7-27(12-14(16)3)32(4,29)30/h9-11,13-14H,5-8,12H2,1-4H3,(H,22,23)/b24-16+/t14-/m1/s1. The van der Waals surface area contributed by atoms with Gasteiger partial charge in [-0.3, -0.25) is 5.10 Å². The lowest BCUT2D eigenvalue weighted by atomic mass is 9.99. The van der Waals surface area contributed by atoms with Gasteiger partial charge in [0.05, 0.1) is 25.3 Å². The highest BCUT2D eigenvalue weighted by atomic mass is 32.2. The number of piperidine rings is 1. The summed E-state index contributed by atoms with van der Waals surface area (Å²) in [7, 11) is -3.21. The summed E-state index contributed by atoms with van der Waals surface area (Å²) < 4.78 is 32.9. The van der Waals surface area contributed by atoms with Crippen molar-refractivity contribution in [3.63, 3.8) is 0 Å². The van der Waals surface area contributed by atoms with Crippen LogP contribution in [0.1, 0.15) is 33.6 Å². The van der Waals surface area contributed by atoms with Gasteiger partial charge in [-0.25, -0.2) is 22.7 Å². The van der Waals surface area contributed by atoms with Crippen LogP contribution in [0.4, 0.5) is 5.95 Å². The van der Waals surface area contributed by atoms with Crippen molar-refractivity contribution in [2.24, 2.45) is 16.8 Å². The fraction of sp³-hybridized carbons (Fsp3) is 0.550. The van der Waals surface area contributed by atoms with E-state index < -0.39 is 10.0 Å². The number of H-pyrrole nitrogens is 1. The molecule has 0 radical (unpaired) electrons. The van der Waals surface area contributed by atoms with Crippen LogP contribution in [-0.2, 0) is 10.0 Å². The summed E-state index contributed by atoms with van der Waals surface area (Å²) >= 11 is 0. The van der Waals surface area contributed by atoms with Crippen molar-refractivity contribution in [1.82, 2.24) is 34.1 Å². The summed E-state index contributed by atoms with van der Waals surface area (Å²) in [6.45, 7) is 7.57. The van der Waals surface area contributed by atoms with Gasteiger partial charge in [-0.15, -0.1) is 5.10 Å². The van der Waals surface area contributed by atoms with Crippen LogP contribution in [0.3, 0.4) is 0 Å². The molecule has 4 rings (SSSR count). The van der Waals surface area contributed by atoms with Crippen molar-refractivity contribution >= 4 is 27.3 Å². The monoisotopic (exact) mass is 460 g/mol. The van der Waals surface area contributed by atoms with E-state index in [9.17, 15) is 8.42 Å². The average molecular weight is 461 g/mol. The fourth-order valence-corrected chi connectivity index (χ4v) is 4.47. The van der Waals surface area contributed by atoms with E-state index in [2.05, 4.69) is 44.1 Å². The second-order valence-corrected chi connectivity index (χ2v) is 10.5. The van der Waals surface area contributed by atoms with E-state index in [4.69, 9.17) is 4.74 Å². The predicted octanol–water partition coefficient (Wildman–Crippen LogP) is 2.31. The number of fused-ring (bicyclic) bond motifs is 1. The van der Waals surface area contributed by atoms with Crippen LogP contribution in [0.25, 0.3) is 16.9 Å². The lowest BCUT2D eigenvalue weighted by Crippen LogP contribution is -2.42. The van der Waals surface area contributed by atoms with Crippen LogP contribution < -0.4 is 4.74 Å². The number of rotatable bonds is 7. The number of hydrogen-bond donors (Lipinski definition) is 1. The number of nitrogens with zero attached hydrogens (tertiary/aromatic N) is 7. The molecule has 4 heterocycles. The summed E-state index contributed by atoms with van der Waals surface area (Å²) in [5, 5.41) is 11.4. The van der Waals surface area contributed by atoms with Crippen molar-refractivity contribution in [1.29, 1.82) is 0 Å². The van der Waals surface area contributed by atoms with Crippen LogP contribution in [0.15, 0.2) is 23.6 Å². The van der Waals surface area contributed by atoms with Crippen molar-refractivity contribution in [2.45, 2.75) is 33.6 Å².